The van der Waals surface area contributed by atoms with Gasteiger partial charge < -0.3 is 14.7 Å². The van der Waals surface area contributed by atoms with Gasteiger partial charge in [-0.15, -0.1) is 13.2 Å². The van der Waals surface area contributed by atoms with Crippen molar-refractivity contribution in [3.8, 4) is 5.75 Å². The number of anilines is 1. The molecule has 0 saturated carbocycles. The van der Waals surface area contributed by atoms with Gasteiger partial charge in [-0.05, 0) is 37.1 Å². The number of ether oxygens (including phenoxy) is 1. The Kier molecular flexibility index (Phi) is 6.10. The second-order valence-corrected chi connectivity index (χ2v) is 7.07. The molecule has 8 heteroatoms. The van der Waals surface area contributed by atoms with Gasteiger partial charge in [-0.25, -0.2) is 4.98 Å². The van der Waals surface area contributed by atoms with Crippen molar-refractivity contribution in [1.82, 2.24) is 9.88 Å². The minimum atomic E-state index is -4.69. The first-order valence-electron chi connectivity index (χ1n) is 9.12. The lowest BCUT2D eigenvalue weighted by Crippen LogP contribution is -2.41. The van der Waals surface area contributed by atoms with Crippen LogP contribution in [0.3, 0.4) is 0 Å². The van der Waals surface area contributed by atoms with Crippen LogP contribution in [0.15, 0.2) is 36.4 Å². The molecule has 1 N–H and O–H groups in total. The zero-order valence-corrected chi connectivity index (χ0v) is 15.9. The number of likely N-dealkylation sites (N-methyl/N-ethyl adjacent to an activating group) is 1. The second-order valence-electron chi connectivity index (χ2n) is 7.07. The predicted molar refractivity (Wildman–Crippen MR) is 100 cm³/mol. The third-order valence-corrected chi connectivity index (χ3v) is 4.92. The molecular formula is C20H24F3N3O2. The molecule has 1 unspecified atom stereocenters. The number of benzene rings is 1. The molecule has 28 heavy (non-hydrogen) atoms. The van der Waals surface area contributed by atoms with Crippen LogP contribution in [0.25, 0.3) is 0 Å². The quantitative estimate of drug-likeness (QED) is 0.859. The predicted octanol–water partition coefficient (Wildman–Crippen LogP) is 3.49. The number of aliphatic hydroxyl groups excluding tert-OH is 1. The van der Waals surface area contributed by atoms with E-state index < -0.39 is 6.36 Å². The van der Waals surface area contributed by atoms with E-state index in [0.717, 1.165) is 35.6 Å². The first kappa shape index (κ1) is 20.4. The number of aromatic nitrogens is 1. The number of aliphatic hydroxyl groups is 1. The van der Waals surface area contributed by atoms with Gasteiger partial charge in [-0.3, -0.25) is 4.90 Å². The first-order chi connectivity index (χ1) is 13.2. The molecule has 0 bridgehead atoms. The average Bonchev–Trinajstić information content (AvgIpc) is 2.62. The van der Waals surface area contributed by atoms with Crippen molar-refractivity contribution in [2.75, 3.05) is 25.1 Å². The monoisotopic (exact) mass is 395 g/mol. The largest absolute Gasteiger partial charge is 0.573 e. The maximum atomic E-state index is 12.3. The molecule has 2 aromatic rings. The van der Waals surface area contributed by atoms with E-state index in [9.17, 15) is 18.3 Å². The number of hydrogen-bond acceptors (Lipinski definition) is 5. The number of halogens is 3. The summed E-state index contributed by atoms with van der Waals surface area (Å²) in [4.78, 5) is 8.89. The number of aryl methyl sites for hydroxylation is 1. The molecule has 1 aromatic carbocycles. The summed E-state index contributed by atoms with van der Waals surface area (Å²) in [5.74, 6) is 0.633. The molecule has 1 aliphatic heterocycles. The summed E-state index contributed by atoms with van der Waals surface area (Å²) in [5, 5.41) is 9.78. The van der Waals surface area contributed by atoms with Gasteiger partial charge in [0.2, 0.25) is 0 Å². The zero-order valence-electron chi connectivity index (χ0n) is 15.9. The van der Waals surface area contributed by atoms with Gasteiger partial charge in [0.1, 0.15) is 11.6 Å². The Labute approximate surface area is 162 Å². The molecule has 1 aromatic heterocycles. The fourth-order valence-corrected chi connectivity index (χ4v) is 3.42. The van der Waals surface area contributed by atoms with E-state index in [4.69, 9.17) is 0 Å². The Morgan fingerprint density at radius 2 is 1.89 bits per heavy atom. The summed E-state index contributed by atoms with van der Waals surface area (Å²) in [6, 6.07) is 9.91. The molecule has 2 heterocycles. The first-order valence-corrected chi connectivity index (χ1v) is 9.12. The number of nitrogens with zero attached hydrogens (tertiary/aromatic N) is 3. The summed E-state index contributed by atoms with van der Waals surface area (Å²) in [6.45, 7) is 3.98. The Balaban J connectivity index is 1.77. The lowest BCUT2D eigenvalue weighted by molar-refractivity contribution is -0.274. The molecule has 0 amide bonds. The Hall–Kier alpha value is -2.32. The van der Waals surface area contributed by atoms with Crippen LogP contribution in [0.4, 0.5) is 19.0 Å². The van der Waals surface area contributed by atoms with E-state index in [1.807, 2.05) is 31.0 Å². The lowest BCUT2D eigenvalue weighted by Gasteiger charge is -2.35. The second kappa shape index (κ2) is 8.36. The van der Waals surface area contributed by atoms with Crippen LogP contribution >= 0.6 is 0 Å². The third kappa shape index (κ3) is 5.14. The van der Waals surface area contributed by atoms with Gasteiger partial charge in [-0.2, -0.15) is 0 Å². The highest BCUT2D eigenvalue weighted by Gasteiger charge is 2.31. The number of rotatable bonds is 4. The summed E-state index contributed by atoms with van der Waals surface area (Å²) in [5.41, 5.74) is 2.86. The van der Waals surface area contributed by atoms with E-state index in [1.54, 1.807) is 12.1 Å². The molecule has 5 nitrogen and oxygen atoms in total. The Morgan fingerprint density at radius 3 is 2.54 bits per heavy atom. The van der Waals surface area contributed by atoms with Gasteiger partial charge >= 0.3 is 6.36 Å². The third-order valence-electron chi connectivity index (χ3n) is 4.92. The molecule has 1 aliphatic rings. The van der Waals surface area contributed by atoms with Crippen LogP contribution in [-0.2, 0) is 13.1 Å². The van der Waals surface area contributed by atoms with E-state index >= 15 is 0 Å². The van der Waals surface area contributed by atoms with E-state index in [-0.39, 0.29) is 18.4 Å². The van der Waals surface area contributed by atoms with Crippen LogP contribution in [0.1, 0.15) is 23.2 Å². The number of alkyl halides is 3. The molecule has 0 aliphatic carbocycles. The Morgan fingerprint density at radius 1 is 1.18 bits per heavy atom. The smallest absolute Gasteiger partial charge is 0.406 e. The van der Waals surface area contributed by atoms with Crippen molar-refractivity contribution < 1.29 is 23.0 Å². The van der Waals surface area contributed by atoms with E-state index in [2.05, 4.69) is 14.6 Å². The normalized spacial score (nSPS) is 18.4. The molecule has 0 radical (unpaired) electrons. The van der Waals surface area contributed by atoms with Crippen molar-refractivity contribution in [2.24, 2.45) is 0 Å². The van der Waals surface area contributed by atoms with Gasteiger partial charge in [0.25, 0.3) is 0 Å². The SMILES string of the molecule is Cc1ccc2c(n1)N(C)C(CO)CCN(Cc1ccc(OC(F)(F)F)cc1)C2. The molecule has 1 atom stereocenters. The number of hydrogen-bond donors (Lipinski definition) is 1. The fourth-order valence-electron chi connectivity index (χ4n) is 3.42. The highest BCUT2D eigenvalue weighted by molar-refractivity contribution is 5.48. The van der Waals surface area contributed by atoms with Gasteiger partial charge in [0, 0.05) is 37.9 Å². The highest BCUT2D eigenvalue weighted by atomic mass is 19.4. The van der Waals surface area contributed by atoms with Crippen molar-refractivity contribution in [3.63, 3.8) is 0 Å². The maximum Gasteiger partial charge on any atom is 0.573 e. The minimum Gasteiger partial charge on any atom is -0.406 e. The lowest BCUT2D eigenvalue weighted by atomic mass is 10.1. The minimum absolute atomic E-state index is 0.0306. The number of pyridine rings is 1. The van der Waals surface area contributed by atoms with E-state index in [0.29, 0.717) is 13.1 Å². The average molecular weight is 395 g/mol. The standard InChI is InChI=1S/C20H24F3N3O2/c1-14-3-6-16-12-26(10-9-17(13-27)25(2)19(16)24-14)11-15-4-7-18(8-5-15)28-20(21,22)23/h3-8,17,27H,9-13H2,1-2H3. The topological polar surface area (TPSA) is 48.8 Å². The molecule has 0 fully saturated rings. The molecule has 152 valence electrons. The summed E-state index contributed by atoms with van der Waals surface area (Å²) in [7, 11) is 1.95. The molecular weight excluding hydrogens is 371 g/mol. The highest BCUT2D eigenvalue weighted by Crippen LogP contribution is 2.27. The molecule has 3 rings (SSSR count). The Bertz CT molecular complexity index is 796. The van der Waals surface area contributed by atoms with Gasteiger partial charge in [0.05, 0.1) is 12.6 Å². The van der Waals surface area contributed by atoms with E-state index in [1.165, 1.54) is 12.1 Å². The van der Waals surface area contributed by atoms with Gasteiger partial charge in [-0.1, -0.05) is 18.2 Å². The molecule has 0 saturated heterocycles. The summed E-state index contributed by atoms with van der Waals surface area (Å²) in [6.07, 6.45) is -3.93. The van der Waals surface area contributed by atoms with Crippen LogP contribution in [0, 0.1) is 6.92 Å². The van der Waals surface area contributed by atoms with Crippen molar-refractivity contribution in [2.45, 2.75) is 38.8 Å². The maximum absolute atomic E-state index is 12.3. The van der Waals surface area contributed by atoms with Gasteiger partial charge in [0.15, 0.2) is 0 Å². The summed E-state index contributed by atoms with van der Waals surface area (Å²) >= 11 is 0. The van der Waals surface area contributed by atoms with Crippen LogP contribution in [-0.4, -0.2) is 47.6 Å². The van der Waals surface area contributed by atoms with Crippen LogP contribution in [0.5, 0.6) is 5.75 Å². The van der Waals surface area contributed by atoms with Crippen molar-refractivity contribution in [3.05, 3.63) is 53.2 Å². The summed E-state index contributed by atoms with van der Waals surface area (Å²) < 4.78 is 40.9. The van der Waals surface area contributed by atoms with Crippen LogP contribution < -0.4 is 9.64 Å². The zero-order chi connectivity index (χ0) is 20.3. The van der Waals surface area contributed by atoms with Crippen LogP contribution in [0.2, 0.25) is 0 Å². The number of fused-ring (bicyclic) bond motifs is 1. The molecule has 0 spiro atoms. The van der Waals surface area contributed by atoms with Crippen molar-refractivity contribution in [1.29, 1.82) is 0 Å². The van der Waals surface area contributed by atoms with Crippen molar-refractivity contribution >= 4 is 5.82 Å². The fraction of sp³-hybridized carbons (Fsp3) is 0.450.